The van der Waals surface area contributed by atoms with E-state index in [2.05, 4.69) is 50.0 Å². The number of nitriles is 1. The molecule has 57 heavy (non-hydrogen) atoms. The molecule has 4 amide bonds. The monoisotopic (exact) mass is 793 g/mol. The molecule has 0 bridgehead atoms. The maximum atomic E-state index is 16.0. The number of rotatable bonds is 7. The number of imide groups is 2. The number of pyridine rings is 1. The van der Waals surface area contributed by atoms with E-state index in [1.54, 1.807) is 18.2 Å². The SMILES string of the molecule is C[C@H]1CC2(CCN(c3ccc(N4CCN(CC5(F)CN(c6ccc7c(c6)C(=O)N(C6CCC(=O)NC6=O)C7=O)C5)CC4)cn3)CC2)CN1c1ccc(C#N)c(Cl)c1. The number of carbonyl (C=O) groups is 4. The van der Waals surface area contributed by atoms with Crippen LogP contribution in [0.5, 0.6) is 0 Å². The predicted molar refractivity (Wildman–Crippen MR) is 214 cm³/mol. The lowest BCUT2D eigenvalue weighted by molar-refractivity contribution is -0.136. The molecule has 5 saturated heterocycles. The maximum absolute atomic E-state index is 16.0. The van der Waals surface area contributed by atoms with E-state index in [1.165, 1.54) is 0 Å². The molecule has 296 valence electrons. The van der Waals surface area contributed by atoms with Crippen LogP contribution in [-0.2, 0) is 9.59 Å². The number of carbonyl (C=O) groups excluding carboxylic acids is 4. The molecule has 0 saturated carbocycles. The Bertz CT molecular complexity index is 2170. The number of aromatic nitrogens is 1. The molecule has 15 heteroatoms. The van der Waals surface area contributed by atoms with Gasteiger partial charge in [-0.25, -0.2) is 9.37 Å². The van der Waals surface area contributed by atoms with Crippen molar-refractivity contribution in [2.24, 2.45) is 5.41 Å². The summed E-state index contributed by atoms with van der Waals surface area (Å²) < 4.78 is 16.0. The summed E-state index contributed by atoms with van der Waals surface area (Å²) in [6.07, 6.45) is 5.43. The number of hydrogen-bond donors (Lipinski definition) is 1. The zero-order valence-corrected chi connectivity index (χ0v) is 32.7. The van der Waals surface area contributed by atoms with E-state index in [1.807, 2.05) is 29.3 Å². The number of anilines is 4. The minimum atomic E-state index is -1.40. The number of nitrogens with zero attached hydrogens (tertiary/aromatic N) is 8. The van der Waals surface area contributed by atoms with Gasteiger partial charge in [0.1, 0.15) is 17.9 Å². The van der Waals surface area contributed by atoms with Crippen LogP contribution in [0.1, 0.15) is 65.3 Å². The normalized spacial score (nSPS) is 24.5. The lowest BCUT2D eigenvalue weighted by Crippen LogP contribution is -2.65. The summed E-state index contributed by atoms with van der Waals surface area (Å²) in [6.45, 7) is 8.86. The molecular weight excluding hydrogens is 749 g/mol. The Morgan fingerprint density at radius 1 is 0.860 bits per heavy atom. The summed E-state index contributed by atoms with van der Waals surface area (Å²) >= 11 is 6.37. The van der Waals surface area contributed by atoms with Crippen molar-refractivity contribution in [3.63, 3.8) is 0 Å². The molecule has 6 aliphatic heterocycles. The fraction of sp³-hybridized carbons (Fsp3) is 0.476. The standard InChI is InChI=1S/C42H45ClFN9O4/c1-27-20-41(23-52(27)30-3-2-28(21-45)34(43)19-30)10-12-50(13-11-41)36-8-5-31(22-46-36)49-16-14-48(15-17-49)24-42(44)25-51(26-42)29-4-6-32-33(18-29)40(57)53(39(32)56)35-7-9-37(54)47-38(35)55/h2-6,8,18-19,22,27,35H,7,9-17,20,23-26H2,1H3,(H,47,54,55)/t27-,35?/m0/s1. The van der Waals surface area contributed by atoms with Gasteiger partial charge in [-0.15, -0.1) is 0 Å². The lowest BCUT2D eigenvalue weighted by Gasteiger charge is -2.49. The maximum Gasteiger partial charge on any atom is 0.262 e. The van der Waals surface area contributed by atoms with Crippen LogP contribution in [0, 0.1) is 16.7 Å². The zero-order valence-electron chi connectivity index (χ0n) is 31.9. The van der Waals surface area contributed by atoms with E-state index in [4.69, 9.17) is 16.6 Å². The Morgan fingerprint density at radius 3 is 2.26 bits per heavy atom. The van der Waals surface area contributed by atoms with E-state index in [0.29, 0.717) is 28.9 Å². The van der Waals surface area contributed by atoms with Gasteiger partial charge in [0.25, 0.3) is 11.8 Å². The summed E-state index contributed by atoms with van der Waals surface area (Å²) in [5.74, 6) is -1.20. The van der Waals surface area contributed by atoms with Gasteiger partial charge in [-0.2, -0.15) is 5.26 Å². The van der Waals surface area contributed by atoms with Crippen LogP contribution in [0.15, 0.2) is 54.7 Å². The Balaban J connectivity index is 0.739. The molecule has 1 spiro atoms. The quantitative estimate of drug-likeness (QED) is 0.344. The highest BCUT2D eigenvalue weighted by molar-refractivity contribution is 6.32. The fourth-order valence-electron chi connectivity index (χ4n) is 9.90. The Kier molecular flexibility index (Phi) is 9.35. The third kappa shape index (κ3) is 6.84. The van der Waals surface area contributed by atoms with Crippen molar-refractivity contribution in [3.05, 3.63) is 76.4 Å². The van der Waals surface area contributed by atoms with E-state index in [9.17, 15) is 24.4 Å². The second-order valence-corrected chi connectivity index (χ2v) is 17.2. The van der Waals surface area contributed by atoms with Crippen LogP contribution in [-0.4, -0.2) is 122 Å². The highest BCUT2D eigenvalue weighted by atomic mass is 35.5. The molecule has 6 aliphatic rings. The topological polar surface area (TPSA) is 136 Å². The number of alkyl halides is 1. The van der Waals surface area contributed by atoms with Crippen LogP contribution in [0.2, 0.25) is 5.02 Å². The van der Waals surface area contributed by atoms with Crippen molar-refractivity contribution in [3.8, 4) is 6.07 Å². The van der Waals surface area contributed by atoms with Gasteiger partial charge >= 0.3 is 0 Å². The van der Waals surface area contributed by atoms with Crippen molar-refractivity contribution in [1.29, 1.82) is 5.26 Å². The van der Waals surface area contributed by atoms with Gasteiger partial charge in [-0.3, -0.25) is 34.3 Å². The van der Waals surface area contributed by atoms with E-state index < -0.39 is 35.3 Å². The largest absolute Gasteiger partial charge is 0.368 e. The first-order valence-corrected chi connectivity index (χ1v) is 20.2. The van der Waals surface area contributed by atoms with Gasteiger partial charge < -0.3 is 19.6 Å². The first-order valence-electron chi connectivity index (χ1n) is 19.9. The summed E-state index contributed by atoms with van der Waals surface area (Å²) in [5.41, 5.74) is 2.56. The molecule has 0 aliphatic carbocycles. The molecule has 13 nitrogen and oxygen atoms in total. The minimum Gasteiger partial charge on any atom is -0.368 e. The van der Waals surface area contributed by atoms with E-state index in [-0.39, 0.29) is 42.5 Å². The molecule has 1 aromatic heterocycles. The molecule has 3 aromatic rings. The Labute approximate surface area is 335 Å². The molecule has 0 radical (unpaired) electrons. The number of nitrogens with one attached hydrogen (secondary N) is 1. The first-order chi connectivity index (χ1) is 27.4. The van der Waals surface area contributed by atoms with Gasteiger partial charge in [-0.1, -0.05) is 11.6 Å². The van der Waals surface area contributed by atoms with Crippen LogP contribution < -0.4 is 24.9 Å². The van der Waals surface area contributed by atoms with Gasteiger partial charge in [-0.05, 0) is 86.6 Å². The van der Waals surface area contributed by atoms with Gasteiger partial charge in [0.05, 0.1) is 46.7 Å². The Morgan fingerprint density at radius 2 is 1.58 bits per heavy atom. The molecule has 1 unspecified atom stereocenters. The highest BCUT2D eigenvalue weighted by Gasteiger charge is 2.48. The van der Waals surface area contributed by atoms with Gasteiger partial charge in [0.2, 0.25) is 11.8 Å². The number of amides is 4. The molecule has 7 heterocycles. The van der Waals surface area contributed by atoms with Crippen molar-refractivity contribution in [2.45, 2.75) is 56.8 Å². The molecule has 2 aromatic carbocycles. The second-order valence-electron chi connectivity index (χ2n) is 16.8. The summed E-state index contributed by atoms with van der Waals surface area (Å²) in [6, 6.07) is 16.4. The molecule has 2 atom stereocenters. The zero-order chi connectivity index (χ0) is 39.6. The molecule has 9 rings (SSSR count). The van der Waals surface area contributed by atoms with Crippen molar-refractivity contribution < 1.29 is 23.6 Å². The third-order valence-electron chi connectivity index (χ3n) is 13.0. The van der Waals surface area contributed by atoms with Crippen molar-refractivity contribution in [2.75, 3.05) is 85.0 Å². The fourth-order valence-corrected chi connectivity index (χ4v) is 10.1. The lowest BCUT2D eigenvalue weighted by atomic mass is 9.77. The molecule has 5 fully saturated rings. The Hall–Kier alpha value is -5.26. The highest BCUT2D eigenvalue weighted by Crippen LogP contribution is 2.46. The number of halogens is 2. The summed E-state index contributed by atoms with van der Waals surface area (Å²) in [4.78, 5) is 67.3. The predicted octanol–water partition coefficient (Wildman–Crippen LogP) is 4.24. The number of piperazine rings is 1. The number of fused-ring (bicyclic) bond motifs is 1. The second kappa shape index (κ2) is 14.3. The first kappa shape index (κ1) is 37.3. The average Bonchev–Trinajstić information content (AvgIpc) is 3.65. The number of piperidine rings is 2. The van der Waals surface area contributed by atoms with Crippen LogP contribution in [0.4, 0.5) is 27.3 Å². The average molecular weight is 794 g/mol. The summed E-state index contributed by atoms with van der Waals surface area (Å²) in [5, 5.41) is 12.0. The van der Waals surface area contributed by atoms with Crippen molar-refractivity contribution in [1.82, 2.24) is 20.1 Å². The molecular formula is C42H45ClFN9O4. The van der Waals surface area contributed by atoms with E-state index >= 15 is 4.39 Å². The van der Waals surface area contributed by atoms with Crippen LogP contribution in [0.3, 0.4) is 0 Å². The van der Waals surface area contributed by atoms with Crippen LogP contribution >= 0.6 is 11.6 Å². The van der Waals surface area contributed by atoms with Gasteiger partial charge in [0.15, 0.2) is 5.67 Å². The molecule has 1 N–H and O–H groups in total. The van der Waals surface area contributed by atoms with Gasteiger partial charge in [0, 0.05) is 76.2 Å². The third-order valence-corrected chi connectivity index (χ3v) is 13.3. The smallest absolute Gasteiger partial charge is 0.262 e. The number of hydrogen-bond acceptors (Lipinski definition) is 11. The van der Waals surface area contributed by atoms with Crippen molar-refractivity contribution >= 4 is 58.1 Å². The summed E-state index contributed by atoms with van der Waals surface area (Å²) in [7, 11) is 0. The van der Waals surface area contributed by atoms with Crippen LogP contribution in [0.25, 0.3) is 0 Å². The minimum absolute atomic E-state index is 0.0575. The van der Waals surface area contributed by atoms with E-state index in [0.717, 1.165) is 87.2 Å². The number of benzene rings is 2.